The Morgan fingerprint density at radius 1 is 1.40 bits per heavy atom. The Hall–Kier alpha value is -0.900. The second kappa shape index (κ2) is 4.31. The fourth-order valence-corrected chi connectivity index (χ4v) is 2.22. The van der Waals surface area contributed by atoms with Crippen molar-refractivity contribution in [3.63, 3.8) is 0 Å². The van der Waals surface area contributed by atoms with Crippen LogP contribution in [-0.2, 0) is 13.0 Å². The molecule has 2 rings (SSSR count). The molecule has 1 heterocycles. The predicted molar refractivity (Wildman–Crippen MR) is 54.9 cm³/mol. The second-order valence-corrected chi connectivity index (χ2v) is 4.18. The molecule has 2 N–H and O–H groups in total. The summed E-state index contributed by atoms with van der Waals surface area (Å²) in [7, 11) is 0. The second-order valence-electron chi connectivity index (χ2n) is 4.18. The Kier molecular flexibility index (Phi) is 3.05. The van der Waals surface area contributed by atoms with Crippen LogP contribution in [0.4, 0.5) is 8.78 Å². The Labute approximate surface area is 88.1 Å². The standard InChI is InChI=1S/C11H16F2N2/c12-11(13)7-15-5-8-3-1-2-4-10(14)9(8)6-15/h5-6,10-11H,1-4,7,14H2. The topological polar surface area (TPSA) is 30.9 Å². The summed E-state index contributed by atoms with van der Waals surface area (Å²) in [6.45, 7) is -0.223. The molecule has 0 saturated heterocycles. The third kappa shape index (κ3) is 2.37. The molecule has 0 spiro atoms. The van der Waals surface area contributed by atoms with E-state index in [0.717, 1.165) is 36.8 Å². The molecule has 1 unspecified atom stereocenters. The van der Waals surface area contributed by atoms with Crippen molar-refractivity contribution in [1.29, 1.82) is 0 Å². The van der Waals surface area contributed by atoms with E-state index < -0.39 is 6.43 Å². The van der Waals surface area contributed by atoms with Crippen LogP contribution in [0.5, 0.6) is 0 Å². The van der Waals surface area contributed by atoms with Gasteiger partial charge in [-0.15, -0.1) is 0 Å². The van der Waals surface area contributed by atoms with Gasteiger partial charge in [0, 0.05) is 18.4 Å². The van der Waals surface area contributed by atoms with Crippen LogP contribution in [0.2, 0.25) is 0 Å². The van der Waals surface area contributed by atoms with E-state index in [0.29, 0.717) is 0 Å². The monoisotopic (exact) mass is 214 g/mol. The van der Waals surface area contributed by atoms with Gasteiger partial charge in [-0.2, -0.15) is 0 Å². The quantitative estimate of drug-likeness (QED) is 0.753. The van der Waals surface area contributed by atoms with Crippen molar-refractivity contribution in [1.82, 2.24) is 4.57 Å². The molecule has 0 saturated carbocycles. The average molecular weight is 214 g/mol. The minimum atomic E-state index is -2.29. The SMILES string of the molecule is NC1CCCCc2cn(CC(F)F)cc21. The van der Waals surface area contributed by atoms with Crippen molar-refractivity contribution in [3.05, 3.63) is 23.5 Å². The lowest BCUT2D eigenvalue weighted by Gasteiger charge is -2.07. The molecule has 1 atom stereocenters. The molecule has 1 aromatic rings. The van der Waals surface area contributed by atoms with Crippen LogP contribution in [0.3, 0.4) is 0 Å². The van der Waals surface area contributed by atoms with Gasteiger partial charge >= 0.3 is 0 Å². The van der Waals surface area contributed by atoms with Gasteiger partial charge in [-0.1, -0.05) is 6.42 Å². The van der Waals surface area contributed by atoms with E-state index in [4.69, 9.17) is 5.73 Å². The van der Waals surface area contributed by atoms with Gasteiger partial charge in [0.25, 0.3) is 6.43 Å². The van der Waals surface area contributed by atoms with Crippen LogP contribution >= 0.6 is 0 Å². The minimum absolute atomic E-state index is 0.0291. The summed E-state index contributed by atoms with van der Waals surface area (Å²) in [5.74, 6) is 0. The largest absolute Gasteiger partial charge is 0.348 e. The van der Waals surface area contributed by atoms with E-state index in [1.54, 1.807) is 10.8 Å². The fraction of sp³-hybridized carbons (Fsp3) is 0.636. The molecule has 0 radical (unpaired) electrons. The van der Waals surface area contributed by atoms with Gasteiger partial charge in [0.2, 0.25) is 0 Å². The highest BCUT2D eigenvalue weighted by Crippen LogP contribution is 2.27. The summed E-state index contributed by atoms with van der Waals surface area (Å²) >= 11 is 0. The Morgan fingerprint density at radius 3 is 2.93 bits per heavy atom. The number of nitrogens with zero attached hydrogens (tertiary/aromatic N) is 1. The van der Waals surface area contributed by atoms with Crippen molar-refractivity contribution < 1.29 is 8.78 Å². The average Bonchev–Trinajstić information content (AvgIpc) is 2.47. The first-order valence-corrected chi connectivity index (χ1v) is 5.39. The van der Waals surface area contributed by atoms with Gasteiger partial charge in [-0.05, 0) is 30.4 Å². The molecular formula is C11H16F2N2. The number of hydrogen-bond donors (Lipinski definition) is 1. The Morgan fingerprint density at radius 2 is 2.20 bits per heavy atom. The third-order valence-corrected chi connectivity index (χ3v) is 2.96. The molecule has 84 valence electrons. The fourth-order valence-electron chi connectivity index (χ4n) is 2.22. The van der Waals surface area contributed by atoms with Gasteiger partial charge in [0.15, 0.2) is 0 Å². The number of halogens is 2. The molecule has 15 heavy (non-hydrogen) atoms. The van der Waals surface area contributed by atoms with Crippen LogP contribution in [0.15, 0.2) is 12.4 Å². The summed E-state index contributed by atoms with van der Waals surface area (Å²) in [5, 5.41) is 0. The van der Waals surface area contributed by atoms with Crippen molar-refractivity contribution in [2.24, 2.45) is 5.73 Å². The maximum atomic E-state index is 12.2. The lowest BCUT2D eigenvalue weighted by Crippen LogP contribution is -2.09. The van der Waals surface area contributed by atoms with Gasteiger partial charge in [-0.3, -0.25) is 0 Å². The number of aryl methyl sites for hydroxylation is 1. The van der Waals surface area contributed by atoms with Crippen LogP contribution in [0, 0.1) is 0 Å². The maximum Gasteiger partial charge on any atom is 0.256 e. The number of hydrogen-bond acceptors (Lipinski definition) is 1. The van der Waals surface area contributed by atoms with Crippen molar-refractivity contribution >= 4 is 0 Å². The molecule has 2 nitrogen and oxygen atoms in total. The van der Waals surface area contributed by atoms with Crippen LogP contribution in [-0.4, -0.2) is 11.0 Å². The lowest BCUT2D eigenvalue weighted by atomic mass is 10.1. The number of fused-ring (bicyclic) bond motifs is 1. The van der Waals surface area contributed by atoms with Crippen molar-refractivity contribution in [2.75, 3.05) is 0 Å². The first-order valence-electron chi connectivity index (χ1n) is 5.39. The van der Waals surface area contributed by atoms with Crippen molar-refractivity contribution in [3.8, 4) is 0 Å². The van der Waals surface area contributed by atoms with Gasteiger partial charge in [-0.25, -0.2) is 8.78 Å². The van der Waals surface area contributed by atoms with Gasteiger partial charge < -0.3 is 10.3 Å². The van der Waals surface area contributed by atoms with E-state index in [1.807, 2.05) is 6.20 Å². The first-order chi connectivity index (χ1) is 7.16. The molecule has 1 aliphatic carbocycles. The molecule has 0 aliphatic heterocycles. The Bertz CT molecular complexity index is 333. The number of rotatable bonds is 2. The number of nitrogens with two attached hydrogens (primary N) is 1. The maximum absolute atomic E-state index is 12.2. The summed E-state index contributed by atoms with van der Waals surface area (Å²) in [6, 6.07) is 0.0291. The summed E-state index contributed by atoms with van der Waals surface area (Å²) in [4.78, 5) is 0. The zero-order valence-corrected chi connectivity index (χ0v) is 8.63. The molecular weight excluding hydrogens is 198 g/mol. The molecule has 4 heteroatoms. The minimum Gasteiger partial charge on any atom is -0.348 e. The third-order valence-electron chi connectivity index (χ3n) is 2.96. The van der Waals surface area contributed by atoms with E-state index >= 15 is 0 Å². The highest BCUT2D eigenvalue weighted by atomic mass is 19.3. The zero-order valence-electron chi connectivity index (χ0n) is 8.63. The molecule has 1 aliphatic rings. The highest BCUT2D eigenvalue weighted by Gasteiger charge is 2.18. The van der Waals surface area contributed by atoms with E-state index in [9.17, 15) is 8.78 Å². The highest BCUT2D eigenvalue weighted by molar-refractivity contribution is 5.28. The first kappa shape index (κ1) is 10.6. The summed E-state index contributed by atoms with van der Waals surface area (Å²) in [5.41, 5.74) is 8.21. The zero-order chi connectivity index (χ0) is 10.8. The van der Waals surface area contributed by atoms with Gasteiger partial charge in [0.05, 0.1) is 6.54 Å². The smallest absolute Gasteiger partial charge is 0.256 e. The Balaban J connectivity index is 2.21. The van der Waals surface area contributed by atoms with Crippen molar-refractivity contribution in [2.45, 2.75) is 44.7 Å². The van der Waals surface area contributed by atoms with E-state index in [-0.39, 0.29) is 12.6 Å². The van der Waals surface area contributed by atoms with Crippen LogP contribution in [0.1, 0.15) is 36.4 Å². The molecule has 0 fully saturated rings. The van der Waals surface area contributed by atoms with Crippen LogP contribution in [0.25, 0.3) is 0 Å². The molecule has 0 aromatic carbocycles. The summed E-state index contributed by atoms with van der Waals surface area (Å²) < 4.78 is 26.0. The molecule has 1 aromatic heterocycles. The predicted octanol–water partition coefficient (Wildman–Crippen LogP) is 2.48. The van der Waals surface area contributed by atoms with Crippen LogP contribution < -0.4 is 5.73 Å². The lowest BCUT2D eigenvalue weighted by molar-refractivity contribution is 0.126. The summed E-state index contributed by atoms with van der Waals surface area (Å²) in [6.07, 6.45) is 5.50. The number of alkyl halides is 2. The van der Waals surface area contributed by atoms with E-state index in [2.05, 4.69) is 0 Å². The molecule has 0 bridgehead atoms. The van der Waals surface area contributed by atoms with Gasteiger partial charge in [0.1, 0.15) is 0 Å². The molecule has 0 amide bonds. The van der Waals surface area contributed by atoms with E-state index in [1.165, 1.54) is 0 Å². The normalized spacial score (nSPS) is 21.5. The number of aromatic nitrogens is 1.